The highest BCUT2D eigenvalue weighted by Gasteiger charge is 2.31. The summed E-state index contributed by atoms with van der Waals surface area (Å²) in [5.74, 6) is 0.373. The quantitative estimate of drug-likeness (QED) is 0.825. The fraction of sp³-hybridized carbons (Fsp3) is 0.333. The molecule has 0 spiro atoms. The first-order valence-electron chi connectivity index (χ1n) is 7.05. The molecule has 0 saturated heterocycles. The maximum Gasteiger partial charge on any atom is 0.121 e. The maximum absolute atomic E-state index is 10.3. The second-order valence-corrected chi connectivity index (χ2v) is 6.10. The zero-order valence-corrected chi connectivity index (χ0v) is 12.2. The predicted molar refractivity (Wildman–Crippen MR) is 80.9 cm³/mol. The third-order valence-electron chi connectivity index (χ3n) is 4.39. The lowest BCUT2D eigenvalue weighted by atomic mass is 9.94. The van der Waals surface area contributed by atoms with E-state index in [-0.39, 0.29) is 0 Å². The fourth-order valence-electron chi connectivity index (χ4n) is 3.14. The molecule has 0 unspecified atom stereocenters. The Bertz CT molecular complexity index is 661. The van der Waals surface area contributed by atoms with Gasteiger partial charge >= 0.3 is 0 Å². The minimum absolute atomic E-state index is 0.373. The smallest absolute Gasteiger partial charge is 0.121 e. The van der Waals surface area contributed by atoms with Gasteiger partial charge in [-0.15, -0.1) is 0 Å². The predicted octanol–water partition coefficient (Wildman–Crippen LogP) is 3.83. The van der Waals surface area contributed by atoms with Crippen LogP contribution in [0.2, 0.25) is 0 Å². The molecule has 1 atom stereocenters. The number of phenols is 1. The van der Waals surface area contributed by atoms with Crippen LogP contribution in [0, 0.1) is 13.8 Å². The standard InChI is InChI=1S/C18H20O2/c1-11-8-15(9-12(2)17(11)19)13-4-5-16-14(10-13)6-7-18(16,3)20/h4-5,8-10,19-20H,6-7H2,1-3H3/t18-/m0/s1. The molecule has 2 nitrogen and oxygen atoms in total. The SMILES string of the molecule is Cc1cc(-c2ccc3c(c2)CC[C@]3(C)O)cc(C)c1O. The molecule has 2 aromatic carbocycles. The van der Waals surface area contributed by atoms with Gasteiger partial charge in [0, 0.05) is 0 Å². The van der Waals surface area contributed by atoms with Crippen LogP contribution in [0.4, 0.5) is 0 Å². The number of phenolic OH excluding ortho intramolecular Hbond substituents is 1. The van der Waals surface area contributed by atoms with Gasteiger partial charge in [0.15, 0.2) is 0 Å². The number of fused-ring (bicyclic) bond motifs is 1. The van der Waals surface area contributed by atoms with Gasteiger partial charge in [-0.25, -0.2) is 0 Å². The number of benzene rings is 2. The van der Waals surface area contributed by atoms with E-state index in [0.717, 1.165) is 40.7 Å². The lowest BCUT2D eigenvalue weighted by Gasteiger charge is -2.17. The van der Waals surface area contributed by atoms with Crippen molar-refractivity contribution in [2.45, 2.75) is 39.2 Å². The summed E-state index contributed by atoms with van der Waals surface area (Å²) in [5, 5.41) is 20.2. The van der Waals surface area contributed by atoms with Crippen molar-refractivity contribution >= 4 is 0 Å². The number of hydrogen-bond donors (Lipinski definition) is 2. The van der Waals surface area contributed by atoms with Gasteiger partial charge in [0.2, 0.25) is 0 Å². The van der Waals surface area contributed by atoms with Crippen molar-refractivity contribution in [3.05, 3.63) is 52.6 Å². The summed E-state index contributed by atoms with van der Waals surface area (Å²) in [6, 6.07) is 10.3. The van der Waals surface area contributed by atoms with E-state index in [4.69, 9.17) is 0 Å². The minimum Gasteiger partial charge on any atom is -0.507 e. The summed E-state index contributed by atoms with van der Waals surface area (Å²) in [4.78, 5) is 0. The molecule has 3 rings (SSSR count). The molecule has 0 fully saturated rings. The first-order chi connectivity index (χ1) is 9.38. The zero-order chi connectivity index (χ0) is 14.5. The highest BCUT2D eigenvalue weighted by Crippen LogP contribution is 2.39. The average Bonchev–Trinajstić information content (AvgIpc) is 2.71. The molecule has 0 aromatic heterocycles. The van der Waals surface area contributed by atoms with Gasteiger partial charge in [0.1, 0.15) is 5.75 Å². The van der Waals surface area contributed by atoms with Crippen LogP contribution >= 0.6 is 0 Å². The molecular formula is C18H20O2. The van der Waals surface area contributed by atoms with E-state index in [9.17, 15) is 10.2 Å². The van der Waals surface area contributed by atoms with Crippen molar-refractivity contribution in [3.63, 3.8) is 0 Å². The van der Waals surface area contributed by atoms with E-state index in [1.165, 1.54) is 5.56 Å². The van der Waals surface area contributed by atoms with Crippen LogP contribution in [0.25, 0.3) is 11.1 Å². The van der Waals surface area contributed by atoms with Crippen molar-refractivity contribution in [1.29, 1.82) is 0 Å². The molecule has 2 aromatic rings. The summed E-state index contributed by atoms with van der Waals surface area (Å²) in [7, 11) is 0. The molecule has 0 bridgehead atoms. The molecule has 1 aliphatic rings. The van der Waals surface area contributed by atoms with E-state index in [1.807, 2.05) is 39.0 Å². The summed E-state index contributed by atoms with van der Waals surface area (Å²) >= 11 is 0. The van der Waals surface area contributed by atoms with Gasteiger partial charge in [0.25, 0.3) is 0 Å². The fourth-order valence-corrected chi connectivity index (χ4v) is 3.14. The molecule has 104 valence electrons. The molecule has 0 aliphatic heterocycles. The Balaban J connectivity index is 2.09. The van der Waals surface area contributed by atoms with Gasteiger partial charge < -0.3 is 10.2 Å². The highest BCUT2D eigenvalue weighted by molar-refractivity contribution is 5.69. The molecule has 0 heterocycles. The van der Waals surface area contributed by atoms with Gasteiger partial charge in [-0.1, -0.05) is 18.2 Å². The number of aliphatic hydroxyl groups is 1. The summed E-state index contributed by atoms with van der Waals surface area (Å²) in [6.07, 6.45) is 1.71. The Morgan fingerprint density at radius 1 is 1.00 bits per heavy atom. The average molecular weight is 268 g/mol. The van der Waals surface area contributed by atoms with E-state index in [2.05, 4.69) is 12.1 Å². The van der Waals surface area contributed by atoms with Crippen LogP contribution in [0.3, 0.4) is 0 Å². The van der Waals surface area contributed by atoms with Crippen LogP contribution < -0.4 is 0 Å². The summed E-state index contributed by atoms with van der Waals surface area (Å²) in [5.41, 5.74) is 5.65. The first-order valence-corrected chi connectivity index (χ1v) is 7.05. The van der Waals surface area contributed by atoms with Crippen molar-refractivity contribution in [1.82, 2.24) is 0 Å². The third kappa shape index (κ3) is 2.01. The van der Waals surface area contributed by atoms with Crippen molar-refractivity contribution in [2.75, 3.05) is 0 Å². The molecule has 0 radical (unpaired) electrons. The van der Waals surface area contributed by atoms with Crippen LogP contribution in [0.5, 0.6) is 5.75 Å². The Morgan fingerprint density at radius 3 is 2.30 bits per heavy atom. The van der Waals surface area contributed by atoms with Gasteiger partial charge in [0.05, 0.1) is 5.60 Å². The second-order valence-electron chi connectivity index (χ2n) is 6.10. The van der Waals surface area contributed by atoms with Gasteiger partial charge in [-0.2, -0.15) is 0 Å². The normalized spacial score (nSPS) is 21.0. The highest BCUT2D eigenvalue weighted by atomic mass is 16.3. The first kappa shape index (κ1) is 13.2. The molecule has 0 saturated carbocycles. The summed E-state index contributed by atoms with van der Waals surface area (Å²) in [6.45, 7) is 5.72. The van der Waals surface area contributed by atoms with Gasteiger partial charge in [-0.05, 0) is 79.1 Å². The zero-order valence-electron chi connectivity index (χ0n) is 12.2. The molecule has 0 amide bonds. The monoisotopic (exact) mass is 268 g/mol. The molecular weight excluding hydrogens is 248 g/mol. The topological polar surface area (TPSA) is 40.5 Å². The van der Waals surface area contributed by atoms with Crippen molar-refractivity contribution in [3.8, 4) is 16.9 Å². The third-order valence-corrected chi connectivity index (χ3v) is 4.39. The summed E-state index contributed by atoms with van der Waals surface area (Å²) < 4.78 is 0. The Kier molecular flexibility index (Phi) is 2.87. The molecule has 1 aliphatic carbocycles. The van der Waals surface area contributed by atoms with E-state index < -0.39 is 5.60 Å². The van der Waals surface area contributed by atoms with Crippen molar-refractivity contribution < 1.29 is 10.2 Å². The number of hydrogen-bond acceptors (Lipinski definition) is 2. The Hall–Kier alpha value is -1.80. The van der Waals surface area contributed by atoms with E-state index >= 15 is 0 Å². The molecule has 20 heavy (non-hydrogen) atoms. The largest absolute Gasteiger partial charge is 0.507 e. The lowest BCUT2D eigenvalue weighted by Crippen LogP contribution is -2.16. The Morgan fingerprint density at radius 2 is 1.65 bits per heavy atom. The van der Waals surface area contributed by atoms with E-state index in [0.29, 0.717) is 5.75 Å². The van der Waals surface area contributed by atoms with E-state index in [1.54, 1.807) is 0 Å². The van der Waals surface area contributed by atoms with Crippen LogP contribution in [0.1, 0.15) is 35.6 Å². The number of rotatable bonds is 1. The minimum atomic E-state index is -0.686. The molecule has 2 heteroatoms. The lowest BCUT2D eigenvalue weighted by molar-refractivity contribution is 0.0595. The van der Waals surface area contributed by atoms with Crippen LogP contribution in [-0.2, 0) is 12.0 Å². The van der Waals surface area contributed by atoms with Crippen LogP contribution in [0.15, 0.2) is 30.3 Å². The Labute approximate surface area is 119 Å². The van der Waals surface area contributed by atoms with Crippen molar-refractivity contribution in [2.24, 2.45) is 0 Å². The number of aryl methyl sites for hydroxylation is 3. The van der Waals surface area contributed by atoms with Crippen LogP contribution in [-0.4, -0.2) is 10.2 Å². The van der Waals surface area contributed by atoms with Gasteiger partial charge in [-0.3, -0.25) is 0 Å². The second kappa shape index (κ2) is 4.35. The number of aromatic hydroxyl groups is 1. The molecule has 2 N–H and O–H groups in total. The maximum atomic E-state index is 10.3.